The number of aliphatic hydroxyl groups excluding tert-OH is 1. The molecule has 3 heteroatoms. The van der Waals surface area contributed by atoms with E-state index in [1.54, 1.807) is 0 Å². The van der Waals surface area contributed by atoms with Gasteiger partial charge in [-0.15, -0.1) is 0 Å². The van der Waals surface area contributed by atoms with Crippen molar-refractivity contribution in [2.75, 3.05) is 6.61 Å². The Hall–Kier alpha value is -1.53. The van der Waals surface area contributed by atoms with Gasteiger partial charge in [0.15, 0.2) is 0 Å². The monoisotopic (exact) mass is 203 g/mol. The van der Waals surface area contributed by atoms with Gasteiger partial charge in [0.2, 0.25) is 0 Å². The van der Waals surface area contributed by atoms with Gasteiger partial charge < -0.3 is 9.84 Å². The van der Waals surface area contributed by atoms with Crippen molar-refractivity contribution in [1.29, 1.82) is 5.26 Å². The third-order valence-electron chi connectivity index (χ3n) is 2.74. The van der Waals surface area contributed by atoms with Gasteiger partial charge in [-0.2, -0.15) is 5.26 Å². The number of nitriles is 1. The molecule has 0 fully saturated rings. The van der Waals surface area contributed by atoms with Gasteiger partial charge in [-0.3, -0.25) is 0 Å². The van der Waals surface area contributed by atoms with Gasteiger partial charge in [-0.05, 0) is 19.1 Å². The second-order valence-electron chi connectivity index (χ2n) is 3.92. The summed E-state index contributed by atoms with van der Waals surface area (Å²) in [5.41, 5.74) is 1.90. The lowest BCUT2D eigenvalue weighted by molar-refractivity contribution is 0.0530. The van der Waals surface area contributed by atoms with Crippen LogP contribution in [0.2, 0.25) is 0 Å². The van der Waals surface area contributed by atoms with E-state index in [-0.39, 0.29) is 5.92 Å². The number of aliphatic hydroxyl groups is 1. The van der Waals surface area contributed by atoms with E-state index in [2.05, 4.69) is 6.07 Å². The van der Waals surface area contributed by atoms with Gasteiger partial charge in [0.05, 0.1) is 18.8 Å². The Morgan fingerprint density at radius 2 is 2.40 bits per heavy atom. The number of nitrogens with zero attached hydrogens (tertiary/aromatic N) is 1. The average Bonchev–Trinajstić information content (AvgIpc) is 2.23. The third kappa shape index (κ3) is 1.81. The van der Waals surface area contributed by atoms with Gasteiger partial charge in [0, 0.05) is 17.9 Å². The lowest BCUT2D eigenvalue weighted by Gasteiger charge is -2.29. The van der Waals surface area contributed by atoms with Crippen LogP contribution in [0.5, 0.6) is 5.75 Å². The first-order valence-electron chi connectivity index (χ1n) is 5.00. The van der Waals surface area contributed by atoms with Crippen molar-refractivity contribution in [3.63, 3.8) is 0 Å². The van der Waals surface area contributed by atoms with Crippen molar-refractivity contribution >= 4 is 0 Å². The molecule has 0 unspecified atom stereocenters. The molecule has 1 aromatic carbocycles. The Bertz CT molecular complexity index is 409. The van der Waals surface area contributed by atoms with Gasteiger partial charge in [-0.1, -0.05) is 11.6 Å². The molecule has 15 heavy (non-hydrogen) atoms. The summed E-state index contributed by atoms with van der Waals surface area (Å²) >= 11 is 0. The molecule has 78 valence electrons. The first-order chi connectivity index (χ1) is 7.22. The summed E-state index contributed by atoms with van der Waals surface area (Å²) < 4.78 is 5.50. The maximum atomic E-state index is 10.0. The standard InChI is InChI=1S/C12H13NO2/c1-8-2-3-11-10(6-8)12(14)9(4-5-13)7-15-11/h2-3,6,9,12,14H,4,7H2,1H3/t9-,12-/m1/s1. The number of benzene rings is 1. The van der Waals surface area contributed by atoms with E-state index in [4.69, 9.17) is 10.00 Å². The third-order valence-corrected chi connectivity index (χ3v) is 2.74. The second-order valence-corrected chi connectivity index (χ2v) is 3.92. The lowest BCUT2D eigenvalue weighted by Crippen LogP contribution is -2.25. The van der Waals surface area contributed by atoms with E-state index in [1.165, 1.54) is 0 Å². The van der Waals surface area contributed by atoms with Crippen LogP contribution in [0.1, 0.15) is 23.7 Å². The number of ether oxygens (including phenoxy) is 1. The van der Waals surface area contributed by atoms with Crippen LogP contribution in [0.25, 0.3) is 0 Å². The zero-order valence-electron chi connectivity index (χ0n) is 8.60. The lowest BCUT2D eigenvalue weighted by atomic mass is 9.90. The van der Waals surface area contributed by atoms with E-state index in [0.717, 1.165) is 16.9 Å². The highest BCUT2D eigenvalue weighted by Gasteiger charge is 2.28. The summed E-state index contributed by atoms with van der Waals surface area (Å²) in [6.07, 6.45) is -0.248. The molecular formula is C12H13NO2. The van der Waals surface area contributed by atoms with Crippen LogP contribution in [0, 0.1) is 24.2 Å². The molecule has 0 aromatic heterocycles. The largest absolute Gasteiger partial charge is 0.493 e. The SMILES string of the molecule is Cc1ccc2c(c1)[C@H](O)[C@H](CC#N)CO2. The first-order valence-corrected chi connectivity index (χ1v) is 5.00. The molecule has 1 heterocycles. The molecule has 0 saturated carbocycles. The number of hydrogen-bond donors (Lipinski definition) is 1. The van der Waals surface area contributed by atoms with Crippen LogP contribution < -0.4 is 4.74 Å². The highest BCUT2D eigenvalue weighted by molar-refractivity contribution is 5.40. The molecule has 0 bridgehead atoms. The fraction of sp³-hybridized carbons (Fsp3) is 0.417. The number of aryl methyl sites for hydroxylation is 1. The minimum Gasteiger partial charge on any atom is -0.493 e. The number of hydrogen-bond acceptors (Lipinski definition) is 3. The summed E-state index contributed by atoms with van der Waals surface area (Å²) in [7, 11) is 0. The molecule has 0 radical (unpaired) electrons. The molecule has 2 rings (SSSR count). The van der Waals surface area contributed by atoms with Crippen molar-refractivity contribution < 1.29 is 9.84 Å². The Morgan fingerprint density at radius 3 is 3.13 bits per heavy atom. The van der Waals surface area contributed by atoms with Crippen molar-refractivity contribution in [3.8, 4) is 11.8 Å². The van der Waals surface area contributed by atoms with E-state index < -0.39 is 6.10 Å². The van der Waals surface area contributed by atoms with Crippen LogP contribution in [0.15, 0.2) is 18.2 Å². The molecule has 1 aliphatic heterocycles. The van der Waals surface area contributed by atoms with E-state index >= 15 is 0 Å². The molecule has 1 aliphatic rings. The molecule has 3 nitrogen and oxygen atoms in total. The normalized spacial score (nSPS) is 23.8. The van der Waals surface area contributed by atoms with E-state index in [9.17, 15) is 5.11 Å². The van der Waals surface area contributed by atoms with Gasteiger partial charge in [0.25, 0.3) is 0 Å². The summed E-state index contributed by atoms with van der Waals surface area (Å²) in [5.74, 6) is 0.631. The maximum Gasteiger partial charge on any atom is 0.125 e. The van der Waals surface area contributed by atoms with E-state index in [1.807, 2.05) is 25.1 Å². The van der Waals surface area contributed by atoms with Crippen molar-refractivity contribution in [3.05, 3.63) is 29.3 Å². The molecule has 1 N–H and O–H groups in total. The zero-order valence-corrected chi connectivity index (χ0v) is 8.60. The molecular weight excluding hydrogens is 190 g/mol. The molecule has 0 saturated heterocycles. The zero-order chi connectivity index (χ0) is 10.8. The fourth-order valence-corrected chi connectivity index (χ4v) is 1.86. The van der Waals surface area contributed by atoms with Gasteiger partial charge >= 0.3 is 0 Å². The predicted molar refractivity (Wildman–Crippen MR) is 55.4 cm³/mol. The Morgan fingerprint density at radius 1 is 1.60 bits per heavy atom. The molecule has 0 spiro atoms. The molecule has 0 amide bonds. The van der Waals surface area contributed by atoms with Crippen LogP contribution >= 0.6 is 0 Å². The van der Waals surface area contributed by atoms with Crippen LogP contribution in [0.4, 0.5) is 0 Å². The van der Waals surface area contributed by atoms with Gasteiger partial charge in [0.1, 0.15) is 5.75 Å². The summed E-state index contributed by atoms with van der Waals surface area (Å²) in [4.78, 5) is 0. The Balaban J connectivity index is 2.32. The van der Waals surface area contributed by atoms with Crippen molar-refractivity contribution in [2.24, 2.45) is 5.92 Å². The number of fused-ring (bicyclic) bond motifs is 1. The van der Waals surface area contributed by atoms with Gasteiger partial charge in [-0.25, -0.2) is 0 Å². The average molecular weight is 203 g/mol. The fourth-order valence-electron chi connectivity index (χ4n) is 1.86. The minimum atomic E-state index is -0.576. The molecule has 1 aromatic rings. The van der Waals surface area contributed by atoms with E-state index in [0.29, 0.717) is 13.0 Å². The number of rotatable bonds is 1. The first kappa shape index (κ1) is 10.0. The summed E-state index contributed by atoms with van der Waals surface area (Å²) in [6, 6.07) is 7.82. The van der Waals surface area contributed by atoms with Crippen molar-refractivity contribution in [1.82, 2.24) is 0 Å². The maximum absolute atomic E-state index is 10.0. The summed E-state index contributed by atoms with van der Waals surface area (Å²) in [5, 5.41) is 18.7. The second kappa shape index (κ2) is 3.92. The highest BCUT2D eigenvalue weighted by Crippen LogP contribution is 2.36. The highest BCUT2D eigenvalue weighted by atomic mass is 16.5. The molecule has 2 atom stereocenters. The van der Waals surface area contributed by atoms with Crippen LogP contribution in [0.3, 0.4) is 0 Å². The smallest absolute Gasteiger partial charge is 0.125 e. The quantitative estimate of drug-likeness (QED) is 0.759. The molecule has 0 aliphatic carbocycles. The van der Waals surface area contributed by atoms with Crippen molar-refractivity contribution in [2.45, 2.75) is 19.4 Å². The topological polar surface area (TPSA) is 53.2 Å². The Kier molecular flexibility index (Phi) is 2.61. The van der Waals surface area contributed by atoms with Crippen LogP contribution in [-0.2, 0) is 0 Å². The summed E-state index contributed by atoms with van der Waals surface area (Å²) in [6.45, 7) is 2.39. The Labute approximate surface area is 88.9 Å². The van der Waals surface area contributed by atoms with Crippen LogP contribution in [-0.4, -0.2) is 11.7 Å². The predicted octanol–water partition coefficient (Wildman–Crippen LogP) is 1.95. The minimum absolute atomic E-state index is 0.107.